The van der Waals surface area contributed by atoms with Crippen LogP contribution in [-0.2, 0) is 16.6 Å². The van der Waals surface area contributed by atoms with Crippen molar-refractivity contribution in [2.75, 3.05) is 20.1 Å². The van der Waals surface area contributed by atoms with Crippen LogP contribution in [0.25, 0.3) is 0 Å². The minimum Gasteiger partial charge on any atom is -0.392 e. The summed E-state index contributed by atoms with van der Waals surface area (Å²) in [5, 5.41) is 9.24. The Hall–Kier alpha value is -0.950. The van der Waals surface area contributed by atoms with Crippen LogP contribution in [0.5, 0.6) is 0 Å². The minimum atomic E-state index is -3.52. The zero-order chi connectivity index (χ0) is 14.8. The minimum absolute atomic E-state index is 0.00613. The molecule has 0 aromatic heterocycles. The van der Waals surface area contributed by atoms with E-state index in [-0.39, 0.29) is 17.5 Å². The molecule has 5 nitrogen and oxygen atoms in total. The average Bonchev–Trinajstić information content (AvgIpc) is 2.41. The van der Waals surface area contributed by atoms with E-state index in [1.807, 2.05) is 7.05 Å². The van der Waals surface area contributed by atoms with Crippen LogP contribution < -0.4 is 4.72 Å². The van der Waals surface area contributed by atoms with Crippen LogP contribution in [-0.4, -0.2) is 44.6 Å². The molecule has 0 radical (unpaired) electrons. The van der Waals surface area contributed by atoms with Crippen LogP contribution in [0.1, 0.15) is 24.0 Å². The van der Waals surface area contributed by atoms with Crippen LogP contribution in [0.2, 0.25) is 0 Å². The Labute approximate surface area is 120 Å². The van der Waals surface area contributed by atoms with Crippen molar-refractivity contribution >= 4 is 10.0 Å². The first kappa shape index (κ1) is 15.4. The molecular weight excluding hydrogens is 276 g/mol. The van der Waals surface area contributed by atoms with Gasteiger partial charge in [0.05, 0.1) is 11.5 Å². The number of hydrogen-bond donors (Lipinski definition) is 2. The molecule has 0 saturated carbocycles. The van der Waals surface area contributed by atoms with Crippen LogP contribution in [0.4, 0.5) is 0 Å². The fraction of sp³-hybridized carbons (Fsp3) is 0.571. The molecule has 1 aliphatic heterocycles. The maximum absolute atomic E-state index is 12.5. The molecule has 0 spiro atoms. The summed E-state index contributed by atoms with van der Waals surface area (Å²) in [6, 6.07) is 4.99. The number of hydrogen-bond acceptors (Lipinski definition) is 4. The Bertz CT molecular complexity index is 564. The molecule has 6 heteroatoms. The highest BCUT2D eigenvalue weighted by atomic mass is 32.2. The Kier molecular flexibility index (Phi) is 4.80. The van der Waals surface area contributed by atoms with Gasteiger partial charge in [0.25, 0.3) is 0 Å². The van der Waals surface area contributed by atoms with Crippen molar-refractivity contribution in [1.82, 2.24) is 9.62 Å². The second kappa shape index (κ2) is 6.22. The van der Waals surface area contributed by atoms with Gasteiger partial charge in [-0.05, 0) is 57.1 Å². The summed E-state index contributed by atoms with van der Waals surface area (Å²) in [4.78, 5) is 2.46. The fourth-order valence-corrected chi connectivity index (χ4v) is 4.13. The second-order valence-electron chi connectivity index (χ2n) is 5.40. The van der Waals surface area contributed by atoms with Crippen LogP contribution in [0, 0.1) is 6.92 Å². The molecule has 1 heterocycles. The predicted octanol–water partition coefficient (Wildman–Crippen LogP) is 0.860. The largest absolute Gasteiger partial charge is 0.392 e. The molecule has 1 aliphatic rings. The summed E-state index contributed by atoms with van der Waals surface area (Å²) in [6.07, 6.45) is 1.66. The first-order valence-corrected chi connectivity index (χ1v) is 8.32. The van der Waals surface area contributed by atoms with Gasteiger partial charge in [-0.15, -0.1) is 0 Å². The molecule has 0 bridgehead atoms. The molecule has 1 fully saturated rings. The van der Waals surface area contributed by atoms with Crippen molar-refractivity contribution in [2.24, 2.45) is 0 Å². The molecule has 1 aromatic rings. The van der Waals surface area contributed by atoms with Gasteiger partial charge in [0.1, 0.15) is 0 Å². The Morgan fingerprint density at radius 3 is 2.60 bits per heavy atom. The van der Waals surface area contributed by atoms with E-state index in [1.54, 1.807) is 25.1 Å². The SMILES string of the molecule is Cc1c(CO)cccc1S(=O)(=O)NC1CCN(C)CC1. The monoisotopic (exact) mass is 298 g/mol. The number of nitrogens with zero attached hydrogens (tertiary/aromatic N) is 1. The lowest BCUT2D eigenvalue weighted by molar-refractivity contribution is 0.248. The quantitative estimate of drug-likeness (QED) is 0.865. The van der Waals surface area contributed by atoms with Crippen molar-refractivity contribution in [3.63, 3.8) is 0 Å². The third kappa shape index (κ3) is 3.38. The number of benzene rings is 1. The number of rotatable bonds is 4. The predicted molar refractivity (Wildman–Crippen MR) is 77.9 cm³/mol. The van der Waals surface area contributed by atoms with Gasteiger partial charge < -0.3 is 10.0 Å². The van der Waals surface area contributed by atoms with Crippen molar-refractivity contribution in [1.29, 1.82) is 0 Å². The summed E-state index contributed by atoms with van der Waals surface area (Å²) in [5.74, 6) is 0. The lowest BCUT2D eigenvalue weighted by Gasteiger charge is -2.29. The smallest absolute Gasteiger partial charge is 0.241 e. The maximum Gasteiger partial charge on any atom is 0.241 e. The Morgan fingerprint density at radius 1 is 1.35 bits per heavy atom. The molecular formula is C14H22N2O3S. The molecule has 0 amide bonds. The average molecular weight is 298 g/mol. The number of piperidine rings is 1. The number of sulfonamides is 1. The van der Waals surface area contributed by atoms with Gasteiger partial charge in [0, 0.05) is 6.04 Å². The van der Waals surface area contributed by atoms with Crippen LogP contribution in [0.15, 0.2) is 23.1 Å². The van der Waals surface area contributed by atoms with E-state index >= 15 is 0 Å². The molecule has 0 unspecified atom stereocenters. The zero-order valence-corrected chi connectivity index (χ0v) is 12.8. The summed E-state index contributed by atoms with van der Waals surface area (Å²) in [6.45, 7) is 3.39. The van der Waals surface area contributed by atoms with Gasteiger partial charge in [-0.2, -0.15) is 0 Å². The van der Waals surface area contributed by atoms with E-state index in [0.29, 0.717) is 11.1 Å². The summed E-state index contributed by atoms with van der Waals surface area (Å²) in [5.41, 5.74) is 1.27. The van der Waals surface area contributed by atoms with Gasteiger partial charge in [0.15, 0.2) is 0 Å². The van der Waals surface area contributed by atoms with Crippen molar-refractivity contribution in [2.45, 2.75) is 37.3 Å². The topological polar surface area (TPSA) is 69.6 Å². The lowest BCUT2D eigenvalue weighted by Crippen LogP contribution is -2.43. The van der Waals surface area contributed by atoms with Gasteiger partial charge >= 0.3 is 0 Å². The summed E-state index contributed by atoms with van der Waals surface area (Å²) < 4.78 is 27.7. The molecule has 0 atom stereocenters. The van der Waals surface area contributed by atoms with E-state index in [9.17, 15) is 13.5 Å². The molecule has 2 N–H and O–H groups in total. The standard InChI is InChI=1S/C14H22N2O3S/c1-11-12(10-17)4-3-5-14(11)20(18,19)15-13-6-8-16(2)9-7-13/h3-5,13,15,17H,6-10H2,1-2H3. The van der Waals surface area contributed by atoms with Crippen molar-refractivity contribution in [3.05, 3.63) is 29.3 Å². The number of nitrogens with one attached hydrogen (secondary N) is 1. The Morgan fingerprint density at radius 2 is 2.00 bits per heavy atom. The highest BCUT2D eigenvalue weighted by Crippen LogP contribution is 2.20. The molecule has 2 rings (SSSR count). The second-order valence-corrected chi connectivity index (χ2v) is 7.08. The highest BCUT2D eigenvalue weighted by molar-refractivity contribution is 7.89. The fourth-order valence-electron chi connectivity index (χ4n) is 2.53. The lowest BCUT2D eigenvalue weighted by atomic mass is 10.1. The molecule has 0 aliphatic carbocycles. The third-order valence-corrected chi connectivity index (χ3v) is 5.56. The van der Waals surface area contributed by atoms with Gasteiger partial charge in [-0.1, -0.05) is 12.1 Å². The number of likely N-dealkylation sites (tertiary alicyclic amines) is 1. The molecule has 1 aromatic carbocycles. The highest BCUT2D eigenvalue weighted by Gasteiger charge is 2.24. The van der Waals surface area contributed by atoms with Crippen molar-refractivity contribution < 1.29 is 13.5 Å². The van der Waals surface area contributed by atoms with Gasteiger partial charge in [-0.25, -0.2) is 13.1 Å². The first-order valence-electron chi connectivity index (χ1n) is 6.84. The molecule has 20 heavy (non-hydrogen) atoms. The number of aliphatic hydroxyl groups excluding tert-OH is 1. The molecule has 112 valence electrons. The maximum atomic E-state index is 12.5. The molecule has 1 saturated heterocycles. The van der Waals surface area contributed by atoms with Gasteiger partial charge in [-0.3, -0.25) is 0 Å². The third-order valence-electron chi connectivity index (χ3n) is 3.90. The van der Waals surface area contributed by atoms with Crippen molar-refractivity contribution in [3.8, 4) is 0 Å². The van der Waals surface area contributed by atoms with Crippen LogP contribution in [0.3, 0.4) is 0 Å². The van der Waals surface area contributed by atoms with E-state index in [1.165, 1.54) is 0 Å². The summed E-state index contributed by atoms with van der Waals surface area (Å²) >= 11 is 0. The van der Waals surface area contributed by atoms with E-state index in [0.717, 1.165) is 25.9 Å². The first-order chi connectivity index (χ1) is 9.44. The van der Waals surface area contributed by atoms with E-state index < -0.39 is 10.0 Å². The number of aliphatic hydroxyl groups is 1. The van der Waals surface area contributed by atoms with E-state index in [2.05, 4.69) is 9.62 Å². The van der Waals surface area contributed by atoms with E-state index in [4.69, 9.17) is 0 Å². The van der Waals surface area contributed by atoms with Gasteiger partial charge in [0.2, 0.25) is 10.0 Å². The zero-order valence-electron chi connectivity index (χ0n) is 12.0. The van der Waals surface area contributed by atoms with Crippen LogP contribution >= 0.6 is 0 Å². The Balaban J connectivity index is 2.18. The summed E-state index contributed by atoms with van der Waals surface area (Å²) in [7, 11) is -1.48. The normalized spacial score (nSPS) is 18.4.